The van der Waals surface area contributed by atoms with E-state index in [1.165, 1.54) is 0 Å². The quantitative estimate of drug-likeness (QED) is 0.698. The highest BCUT2D eigenvalue weighted by Gasteiger charge is 2.14. The minimum absolute atomic E-state index is 0.106. The van der Waals surface area contributed by atoms with Gasteiger partial charge in [0.05, 0.1) is 12.2 Å². The number of carbonyl (C=O) groups is 1. The summed E-state index contributed by atoms with van der Waals surface area (Å²) in [5, 5.41) is 11.2. The summed E-state index contributed by atoms with van der Waals surface area (Å²) in [6.07, 6.45) is 3.28. The van der Waals surface area contributed by atoms with Crippen molar-refractivity contribution < 1.29 is 9.32 Å². The monoisotopic (exact) mass is 353 g/mol. The van der Waals surface area contributed by atoms with E-state index in [0.717, 1.165) is 17.5 Å². The van der Waals surface area contributed by atoms with Crippen LogP contribution in [0.4, 0.5) is 5.82 Å². The first-order chi connectivity index (χ1) is 12.6. The maximum atomic E-state index is 12.2. The standard InChI is InChI=1S/C19H23N5O2/c1-4-14(3)24-16(10-11-20-24)21-17(25)8-9-18-22-19(23-26-18)15-7-5-6-13(2)12-15/h5-7,10-12,14H,4,8-9H2,1-3H3,(H,21,25). The molecule has 0 spiro atoms. The molecule has 1 aromatic carbocycles. The van der Waals surface area contributed by atoms with Crippen molar-refractivity contribution in [1.82, 2.24) is 19.9 Å². The van der Waals surface area contributed by atoms with E-state index in [4.69, 9.17) is 4.52 Å². The van der Waals surface area contributed by atoms with Crippen molar-refractivity contribution >= 4 is 11.7 Å². The number of aryl methyl sites for hydroxylation is 2. The molecule has 3 aromatic rings. The van der Waals surface area contributed by atoms with Crippen LogP contribution in [-0.2, 0) is 11.2 Å². The number of hydrogen-bond acceptors (Lipinski definition) is 5. The number of nitrogens with one attached hydrogen (secondary N) is 1. The Balaban J connectivity index is 1.58. The number of benzene rings is 1. The Morgan fingerprint density at radius 3 is 2.96 bits per heavy atom. The molecule has 2 aromatic heterocycles. The fourth-order valence-corrected chi connectivity index (χ4v) is 2.62. The number of carbonyl (C=O) groups excluding carboxylic acids is 1. The van der Waals surface area contributed by atoms with Gasteiger partial charge in [0.2, 0.25) is 17.6 Å². The Morgan fingerprint density at radius 2 is 2.19 bits per heavy atom. The molecule has 1 amide bonds. The molecule has 0 fully saturated rings. The highest BCUT2D eigenvalue weighted by Crippen LogP contribution is 2.18. The van der Waals surface area contributed by atoms with Gasteiger partial charge in [-0.2, -0.15) is 10.1 Å². The summed E-state index contributed by atoms with van der Waals surface area (Å²) in [6.45, 7) is 6.16. The molecule has 7 heteroatoms. The second-order valence-electron chi connectivity index (χ2n) is 6.35. The van der Waals surface area contributed by atoms with Gasteiger partial charge in [0.1, 0.15) is 5.82 Å². The molecule has 0 aliphatic carbocycles. The van der Waals surface area contributed by atoms with Crippen LogP contribution >= 0.6 is 0 Å². The van der Waals surface area contributed by atoms with E-state index in [-0.39, 0.29) is 18.4 Å². The van der Waals surface area contributed by atoms with Gasteiger partial charge < -0.3 is 9.84 Å². The minimum atomic E-state index is -0.106. The summed E-state index contributed by atoms with van der Waals surface area (Å²) >= 11 is 0. The zero-order valence-corrected chi connectivity index (χ0v) is 15.3. The number of rotatable bonds is 7. The smallest absolute Gasteiger partial charge is 0.227 e. The number of aromatic nitrogens is 4. The van der Waals surface area contributed by atoms with Crippen molar-refractivity contribution in [2.75, 3.05) is 5.32 Å². The van der Waals surface area contributed by atoms with Crippen LogP contribution in [0.5, 0.6) is 0 Å². The van der Waals surface area contributed by atoms with Crippen LogP contribution in [0.1, 0.15) is 44.2 Å². The Morgan fingerprint density at radius 1 is 1.35 bits per heavy atom. The van der Waals surface area contributed by atoms with Crippen molar-refractivity contribution in [3.63, 3.8) is 0 Å². The summed E-state index contributed by atoms with van der Waals surface area (Å²) in [6, 6.07) is 9.93. The fourth-order valence-electron chi connectivity index (χ4n) is 2.62. The van der Waals surface area contributed by atoms with E-state index in [0.29, 0.717) is 24.0 Å². The highest BCUT2D eigenvalue weighted by atomic mass is 16.5. The van der Waals surface area contributed by atoms with Gasteiger partial charge in [-0.05, 0) is 26.3 Å². The molecular weight excluding hydrogens is 330 g/mol. The molecule has 7 nitrogen and oxygen atoms in total. The van der Waals surface area contributed by atoms with Crippen molar-refractivity contribution in [3.05, 3.63) is 48.0 Å². The Labute approximate surface area is 152 Å². The van der Waals surface area contributed by atoms with Gasteiger partial charge in [0.15, 0.2) is 0 Å². The van der Waals surface area contributed by atoms with Crippen molar-refractivity contribution in [2.24, 2.45) is 0 Å². The summed E-state index contributed by atoms with van der Waals surface area (Å²) in [5.41, 5.74) is 2.04. The fraction of sp³-hybridized carbons (Fsp3) is 0.368. The predicted octanol–water partition coefficient (Wildman–Crippen LogP) is 3.78. The number of nitrogens with zero attached hydrogens (tertiary/aromatic N) is 4. The predicted molar refractivity (Wildman–Crippen MR) is 98.7 cm³/mol. The lowest BCUT2D eigenvalue weighted by molar-refractivity contribution is -0.116. The lowest BCUT2D eigenvalue weighted by Gasteiger charge is -2.13. The van der Waals surface area contributed by atoms with Gasteiger partial charge in [-0.15, -0.1) is 0 Å². The van der Waals surface area contributed by atoms with Crippen molar-refractivity contribution in [1.29, 1.82) is 0 Å². The Hall–Kier alpha value is -2.96. The topological polar surface area (TPSA) is 85.8 Å². The van der Waals surface area contributed by atoms with E-state index in [1.54, 1.807) is 12.3 Å². The average molecular weight is 353 g/mol. The molecule has 1 N–H and O–H groups in total. The normalized spacial score (nSPS) is 12.1. The SMILES string of the molecule is CCC(C)n1nccc1NC(=O)CCc1nc(-c2cccc(C)c2)no1. The summed E-state index contributed by atoms with van der Waals surface area (Å²) in [7, 11) is 0. The second-order valence-corrected chi connectivity index (χ2v) is 6.35. The van der Waals surface area contributed by atoms with E-state index >= 15 is 0 Å². The van der Waals surface area contributed by atoms with Gasteiger partial charge in [0, 0.05) is 24.5 Å². The largest absolute Gasteiger partial charge is 0.339 e. The molecule has 0 saturated carbocycles. The van der Waals surface area contributed by atoms with E-state index in [2.05, 4.69) is 34.4 Å². The van der Waals surface area contributed by atoms with Crippen LogP contribution in [0.2, 0.25) is 0 Å². The maximum absolute atomic E-state index is 12.2. The molecule has 136 valence electrons. The van der Waals surface area contributed by atoms with Gasteiger partial charge in [-0.3, -0.25) is 4.79 Å². The lowest BCUT2D eigenvalue weighted by Crippen LogP contribution is -2.17. The lowest BCUT2D eigenvalue weighted by atomic mass is 10.1. The third-order valence-electron chi connectivity index (χ3n) is 4.26. The van der Waals surface area contributed by atoms with Gasteiger partial charge in [-0.1, -0.05) is 35.8 Å². The number of anilines is 1. The number of hydrogen-bond donors (Lipinski definition) is 1. The van der Waals surface area contributed by atoms with Crippen molar-refractivity contribution in [3.8, 4) is 11.4 Å². The molecule has 2 heterocycles. The first kappa shape index (κ1) is 17.8. The van der Waals surface area contributed by atoms with E-state index in [9.17, 15) is 4.79 Å². The van der Waals surface area contributed by atoms with E-state index in [1.807, 2.05) is 35.9 Å². The third kappa shape index (κ3) is 4.17. The zero-order chi connectivity index (χ0) is 18.5. The molecule has 0 bridgehead atoms. The first-order valence-electron chi connectivity index (χ1n) is 8.79. The van der Waals surface area contributed by atoms with Gasteiger partial charge >= 0.3 is 0 Å². The van der Waals surface area contributed by atoms with E-state index < -0.39 is 0 Å². The van der Waals surface area contributed by atoms with Crippen LogP contribution in [0, 0.1) is 6.92 Å². The summed E-state index contributed by atoms with van der Waals surface area (Å²) in [4.78, 5) is 16.6. The van der Waals surface area contributed by atoms with Crippen molar-refractivity contribution in [2.45, 2.75) is 46.1 Å². The molecule has 0 radical (unpaired) electrons. The third-order valence-corrected chi connectivity index (χ3v) is 4.26. The molecule has 3 rings (SSSR count). The second kappa shape index (κ2) is 7.95. The van der Waals surface area contributed by atoms with Crippen LogP contribution in [0.3, 0.4) is 0 Å². The zero-order valence-electron chi connectivity index (χ0n) is 15.3. The molecule has 0 saturated heterocycles. The van der Waals surface area contributed by atoms with Crippen LogP contribution in [0.15, 0.2) is 41.1 Å². The molecule has 26 heavy (non-hydrogen) atoms. The molecule has 0 aliphatic rings. The molecular formula is C19H23N5O2. The summed E-state index contributed by atoms with van der Waals surface area (Å²) < 4.78 is 7.09. The minimum Gasteiger partial charge on any atom is -0.339 e. The molecule has 0 aliphatic heterocycles. The highest BCUT2D eigenvalue weighted by molar-refractivity contribution is 5.89. The van der Waals surface area contributed by atoms with Gasteiger partial charge in [-0.25, -0.2) is 4.68 Å². The molecule has 1 atom stereocenters. The van der Waals surface area contributed by atoms with Crippen LogP contribution < -0.4 is 5.32 Å². The number of amides is 1. The van der Waals surface area contributed by atoms with Gasteiger partial charge in [0.25, 0.3) is 0 Å². The Bertz CT molecular complexity index is 883. The Kier molecular flexibility index (Phi) is 5.46. The maximum Gasteiger partial charge on any atom is 0.227 e. The van der Waals surface area contributed by atoms with Crippen LogP contribution in [-0.4, -0.2) is 25.8 Å². The summed E-state index contributed by atoms with van der Waals surface area (Å²) in [5.74, 6) is 1.59. The molecule has 1 unspecified atom stereocenters. The van der Waals surface area contributed by atoms with Crippen LogP contribution in [0.25, 0.3) is 11.4 Å². The average Bonchev–Trinajstić information content (AvgIpc) is 3.29. The first-order valence-corrected chi connectivity index (χ1v) is 8.79.